The molecule has 2 heterocycles. The maximum absolute atomic E-state index is 12.6. The molecule has 0 aliphatic carbocycles. The molecule has 6 heteroatoms. The van der Waals surface area contributed by atoms with Crippen LogP contribution in [0.25, 0.3) is 11.4 Å². The van der Waals surface area contributed by atoms with Gasteiger partial charge < -0.3 is 10.3 Å². The monoisotopic (exact) mass is 374 g/mol. The molecule has 4 rings (SSSR count). The molecule has 0 atom stereocenters. The molecule has 0 radical (unpaired) electrons. The van der Waals surface area contributed by atoms with Crippen LogP contribution in [0.2, 0.25) is 0 Å². The van der Waals surface area contributed by atoms with Gasteiger partial charge in [0.2, 0.25) is 5.91 Å². The lowest BCUT2D eigenvalue weighted by atomic mass is 10.1. The largest absolute Gasteiger partial charge is 0.326 e. The normalized spacial score (nSPS) is 13.8. The summed E-state index contributed by atoms with van der Waals surface area (Å²) in [5.41, 5.74) is 4.43. The topological polar surface area (TPSA) is 78.1 Å². The summed E-state index contributed by atoms with van der Waals surface area (Å²) in [4.78, 5) is 33.6. The van der Waals surface area contributed by atoms with Crippen molar-refractivity contribution in [3.63, 3.8) is 0 Å². The summed E-state index contributed by atoms with van der Waals surface area (Å²) in [5.74, 6) is 0.549. The minimum Gasteiger partial charge on any atom is -0.326 e. The zero-order valence-electron chi connectivity index (χ0n) is 15.7. The first-order valence-corrected chi connectivity index (χ1v) is 9.35. The van der Waals surface area contributed by atoms with Crippen molar-refractivity contribution < 1.29 is 4.79 Å². The number of nitrogens with one attached hydrogen (secondary N) is 2. The average Bonchev–Trinajstić information content (AvgIpc) is 2.70. The average molecular weight is 374 g/mol. The Balaban J connectivity index is 1.49. The highest BCUT2D eigenvalue weighted by molar-refractivity contribution is 5.88. The number of rotatable bonds is 4. The van der Waals surface area contributed by atoms with Crippen LogP contribution in [-0.4, -0.2) is 27.3 Å². The van der Waals surface area contributed by atoms with Crippen LogP contribution in [0.1, 0.15) is 23.7 Å². The Kier molecular flexibility index (Phi) is 5.04. The second-order valence-corrected chi connectivity index (χ2v) is 7.04. The molecule has 1 aliphatic rings. The Morgan fingerprint density at radius 3 is 2.61 bits per heavy atom. The maximum atomic E-state index is 12.6. The van der Waals surface area contributed by atoms with Crippen LogP contribution in [0, 0.1) is 0 Å². The fraction of sp³-hybridized carbons (Fsp3) is 0.227. The lowest BCUT2D eigenvalue weighted by molar-refractivity contribution is -0.114. The zero-order chi connectivity index (χ0) is 19.5. The van der Waals surface area contributed by atoms with Crippen LogP contribution >= 0.6 is 0 Å². The van der Waals surface area contributed by atoms with Crippen LogP contribution in [0.15, 0.2) is 59.4 Å². The van der Waals surface area contributed by atoms with Crippen molar-refractivity contribution in [2.45, 2.75) is 26.4 Å². The van der Waals surface area contributed by atoms with Gasteiger partial charge in [0.25, 0.3) is 5.56 Å². The van der Waals surface area contributed by atoms with Crippen molar-refractivity contribution in [3.8, 4) is 11.4 Å². The van der Waals surface area contributed by atoms with Gasteiger partial charge in [-0.05, 0) is 17.7 Å². The summed E-state index contributed by atoms with van der Waals surface area (Å²) in [5, 5.41) is 2.77. The first kappa shape index (κ1) is 18.1. The molecule has 0 saturated heterocycles. The zero-order valence-corrected chi connectivity index (χ0v) is 15.7. The quantitative estimate of drug-likeness (QED) is 0.736. The number of carbonyl (C=O) groups excluding carboxylic acids is 1. The van der Waals surface area contributed by atoms with E-state index in [4.69, 9.17) is 4.98 Å². The van der Waals surface area contributed by atoms with E-state index in [0.717, 1.165) is 47.6 Å². The Morgan fingerprint density at radius 2 is 1.89 bits per heavy atom. The van der Waals surface area contributed by atoms with Crippen LogP contribution < -0.4 is 10.9 Å². The molecule has 2 N–H and O–H groups in total. The van der Waals surface area contributed by atoms with Crippen molar-refractivity contribution in [2.24, 2.45) is 0 Å². The first-order chi connectivity index (χ1) is 13.6. The Hall–Kier alpha value is -3.25. The van der Waals surface area contributed by atoms with E-state index in [-0.39, 0.29) is 11.5 Å². The molecule has 28 heavy (non-hydrogen) atoms. The van der Waals surface area contributed by atoms with Crippen molar-refractivity contribution in [1.29, 1.82) is 0 Å². The Labute approximate surface area is 163 Å². The van der Waals surface area contributed by atoms with Crippen molar-refractivity contribution in [1.82, 2.24) is 14.9 Å². The van der Waals surface area contributed by atoms with E-state index < -0.39 is 0 Å². The van der Waals surface area contributed by atoms with Gasteiger partial charge in [-0.3, -0.25) is 14.5 Å². The van der Waals surface area contributed by atoms with E-state index in [0.29, 0.717) is 12.4 Å². The molecule has 0 bridgehead atoms. The number of hydrogen-bond acceptors (Lipinski definition) is 4. The molecule has 6 nitrogen and oxygen atoms in total. The van der Waals surface area contributed by atoms with Gasteiger partial charge in [-0.2, -0.15) is 0 Å². The minimum absolute atomic E-state index is 0.0606. The third-order valence-corrected chi connectivity index (χ3v) is 4.88. The molecule has 0 saturated carbocycles. The molecule has 1 aromatic heterocycles. The van der Waals surface area contributed by atoms with Gasteiger partial charge in [-0.15, -0.1) is 0 Å². The van der Waals surface area contributed by atoms with Crippen molar-refractivity contribution in [3.05, 3.63) is 81.8 Å². The first-order valence-electron chi connectivity index (χ1n) is 9.35. The van der Waals surface area contributed by atoms with E-state index in [9.17, 15) is 9.59 Å². The molecule has 1 amide bonds. The fourth-order valence-corrected chi connectivity index (χ4v) is 3.50. The smallest absolute Gasteiger partial charge is 0.255 e. The summed E-state index contributed by atoms with van der Waals surface area (Å²) in [6.07, 6.45) is 0.753. The van der Waals surface area contributed by atoms with Crippen molar-refractivity contribution >= 4 is 11.6 Å². The highest BCUT2D eigenvalue weighted by Crippen LogP contribution is 2.20. The predicted octanol–water partition coefficient (Wildman–Crippen LogP) is 2.95. The van der Waals surface area contributed by atoms with Crippen LogP contribution in [0.3, 0.4) is 0 Å². The lowest BCUT2D eigenvalue weighted by Gasteiger charge is -2.27. The molecule has 142 valence electrons. The van der Waals surface area contributed by atoms with Gasteiger partial charge in [0.1, 0.15) is 5.82 Å². The molecule has 2 aromatic carbocycles. The summed E-state index contributed by atoms with van der Waals surface area (Å²) >= 11 is 0. The Bertz CT molecular complexity index is 1040. The number of amides is 1. The number of aromatic amines is 1. The number of nitrogens with zero attached hydrogens (tertiary/aromatic N) is 2. The second-order valence-electron chi connectivity index (χ2n) is 7.04. The lowest BCUT2D eigenvalue weighted by Crippen LogP contribution is -2.35. The maximum Gasteiger partial charge on any atom is 0.255 e. The van der Waals surface area contributed by atoms with Gasteiger partial charge in [-0.1, -0.05) is 42.5 Å². The molecular formula is C22H22N4O2. The Morgan fingerprint density at radius 1 is 1.14 bits per heavy atom. The highest BCUT2D eigenvalue weighted by atomic mass is 16.1. The number of aromatic nitrogens is 2. The van der Waals surface area contributed by atoms with Gasteiger partial charge in [0, 0.05) is 44.2 Å². The molecule has 0 fully saturated rings. The van der Waals surface area contributed by atoms with Gasteiger partial charge in [0.05, 0.1) is 11.3 Å². The minimum atomic E-state index is -0.0815. The molecule has 0 unspecified atom stereocenters. The summed E-state index contributed by atoms with van der Waals surface area (Å²) in [6.45, 7) is 3.68. The number of benzene rings is 2. The fourth-order valence-electron chi connectivity index (χ4n) is 3.50. The molecule has 1 aliphatic heterocycles. The van der Waals surface area contributed by atoms with Crippen molar-refractivity contribution in [2.75, 3.05) is 11.9 Å². The number of anilines is 1. The van der Waals surface area contributed by atoms with E-state index in [1.807, 2.05) is 54.6 Å². The number of carbonyl (C=O) groups is 1. The SMILES string of the molecule is CC(=O)Nc1ccc(CN2CCc3nc(-c4ccccc4)[nH]c(=O)c3C2)cc1. The standard InChI is InChI=1S/C22H22N4O2/c1-15(27)23-18-9-7-16(8-10-18)13-26-12-11-20-19(14-26)22(28)25-21(24-20)17-5-3-2-4-6-17/h2-10H,11-14H2,1H3,(H,23,27)(H,24,25,28). The number of hydrogen-bond donors (Lipinski definition) is 2. The van der Waals surface area contributed by atoms with E-state index in [1.165, 1.54) is 6.92 Å². The second kappa shape index (κ2) is 7.78. The van der Waals surface area contributed by atoms with Gasteiger partial charge in [-0.25, -0.2) is 4.98 Å². The summed E-state index contributed by atoms with van der Waals surface area (Å²) < 4.78 is 0. The van der Waals surface area contributed by atoms with Gasteiger partial charge in [0.15, 0.2) is 0 Å². The summed E-state index contributed by atoms with van der Waals surface area (Å²) in [6, 6.07) is 17.5. The van der Waals surface area contributed by atoms with Crippen LogP contribution in [0.5, 0.6) is 0 Å². The summed E-state index contributed by atoms with van der Waals surface area (Å²) in [7, 11) is 0. The predicted molar refractivity (Wildman–Crippen MR) is 109 cm³/mol. The van der Waals surface area contributed by atoms with Gasteiger partial charge >= 0.3 is 0 Å². The number of fused-ring (bicyclic) bond motifs is 1. The third-order valence-electron chi connectivity index (χ3n) is 4.88. The van der Waals surface area contributed by atoms with E-state index in [1.54, 1.807) is 0 Å². The van der Waals surface area contributed by atoms with E-state index in [2.05, 4.69) is 15.2 Å². The highest BCUT2D eigenvalue weighted by Gasteiger charge is 2.21. The number of H-pyrrole nitrogens is 1. The van der Waals surface area contributed by atoms with Crippen LogP contribution in [-0.2, 0) is 24.3 Å². The third kappa shape index (κ3) is 4.02. The van der Waals surface area contributed by atoms with E-state index >= 15 is 0 Å². The van der Waals surface area contributed by atoms with Crippen LogP contribution in [0.4, 0.5) is 5.69 Å². The molecule has 0 spiro atoms. The molecule has 3 aromatic rings. The molecular weight excluding hydrogens is 352 g/mol.